The standard InChI is InChI=1S/C12H15F2NO/c1-16-12-10(13)3-2-9(11(12)14)8-4-6-15-7-5-8/h2-3,8,15H,4-7H2,1H3. The molecule has 88 valence electrons. The third-order valence-corrected chi connectivity index (χ3v) is 3.06. The molecule has 0 bridgehead atoms. The largest absolute Gasteiger partial charge is 0.491 e. The van der Waals surface area contributed by atoms with Gasteiger partial charge >= 0.3 is 0 Å². The molecule has 1 N–H and O–H groups in total. The number of rotatable bonds is 2. The van der Waals surface area contributed by atoms with E-state index in [4.69, 9.17) is 4.74 Å². The van der Waals surface area contributed by atoms with E-state index < -0.39 is 11.6 Å². The summed E-state index contributed by atoms with van der Waals surface area (Å²) in [5, 5.41) is 3.22. The van der Waals surface area contributed by atoms with Gasteiger partial charge in [-0.2, -0.15) is 0 Å². The van der Waals surface area contributed by atoms with Crippen LogP contribution in [0.4, 0.5) is 8.78 Å². The number of ether oxygens (including phenoxy) is 1. The van der Waals surface area contributed by atoms with Crippen LogP contribution >= 0.6 is 0 Å². The highest BCUT2D eigenvalue weighted by atomic mass is 19.1. The molecule has 0 unspecified atom stereocenters. The number of hydrogen-bond donors (Lipinski definition) is 1. The van der Waals surface area contributed by atoms with Gasteiger partial charge in [-0.05, 0) is 43.5 Å². The highest BCUT2D eigenvalue weighted by Crippen LogP contribution is 2.33. The summed E-state index contributed by atoms with van der Waals surface area (Å²) in [7, 11) is 1.29. The second-order valence-corrected chi connectivity index (χ2v) is 4.01. The molecule has 0 amide bonds. The SMILES string of the molecule is COc1c(F)ccc(C2CCNCC2)c1F. The van der Waals surface area contributed by atoms with Crippen LogP contribution in [0.2, 0.25) is 0 Å². The van der Waals surface area contributed by atoms with Crippen molar-refractivity contribution < 1.29 is 13.5 Å². The maximum atomic E-state index is 13.9. The molecule has 1 heterocycles. The second kappa shape index (κ2) is 4.78. The highest BCUT2D eigenvalue weighted by molar-refractivity contribution is 5.35. The van der Waals surface area contributed by atoms with E-state index in [0.717, 1.165) is 25.9 Å². The minimum Gasteiger partial charge on any atom is -0.491 e. The number of halogens is 2. The Bertz CT molecular complexity index is 376. The van der Waals surface area contributed by atoms with E-state index in [1.165, 1.54) is 19.2 Å². The average Bonchev–Trinajstić information content (AvgIpc) is 2.31. The second-order valence-electron chi connectivity index (χ2n) is 4.01. The molecule has 1 aromatic carbocycles. The highest BCUT2D eigenvalue weighted by Gasteiger charge is 2.22. The first-order valence-electron chi connectivity index (χ1n) is 5.46. The van der Waals surface area contributed by atoms with Crippen LogP contribution < -0.4 is 10.1 Å². The molecule has 4 heteroatoms. The van der Waals surface area contributed by atoms with Gasteiger partial charge in [-0.15, -0.1) is 0 Å². The molecule has 0 radical (unpaired) electrons. The summed E-state index contributed by atoms with van der Waals surface area (Å²) in [4.78, 5) is 0. The lowest BCUT2D eigenvalue weighted by Crippen LogP contribution is -2.27. The molecule has 0 spiro atoms. The fraction of sp³-hybridized carbons (Fsp3) is 0.500. The van der Waals surface area contributed by atoms with Gasteiger partial charge in [-0.3, -0.25) is 0 Å². The Morgan fingerprint density at radius 2 is 1.94 bits per heavy atom. The Kier molecular flexibility index (Phi) is 3.39. The van der Waals surface area contributed by atoms with Crippen molar-refractivity contribution in [2.75, 3.05) is 20.2 Å². The molecule has 0 aromatic heterocycles. The molecule has 0 aliphatic carbocycles. The molecule has 0 atom stereocenters. The van der Waals surface area contributed by atoms with Gasteiger partial charge in [0, 0.05) is 0 Å². The maximum Gasteiger partial charge on any atom is 0.190 e. The van der Waals surface area contributed by atoms with E-state index in [-0.39, 0.29) is 11.7 Å². The van der Waals surface area contributed by atoms with Gasteiger partial charge in [0.15, 0.2) is 17.4 Å². The lowest BCUT2D eigenvalue weighted by atomic mass is 9.89. The first kappa shape index (κ1) is 11.3. The van der Waals surface area contributed by atoms with Crippen LogP contribution in [0.15, 0.2) is 12.1 Å². The molecule has 2 nitrogen and oxygen atoms in total. The third-order valence-electron chi connectivity index (χ3n) is 3.06. The van der Waals surface area contributed by atoms with Gasteiger partial charge in [0.2, 0.25) is 0 Å². The zero-order valence-electron chi connectivity index (χ0n) is 9.22. The Labute approximate surface area is 93.6 Å². The molecule has 16 heavy (non-hydrogen) atoms. The smallest absolute Gasteiger partial charge is 0.190 e. The van der Waals surface area contributed by atoms with Crippen molar-refractivity contribution in [3.63, 3.8) is 0 Å². The van der Waals surface area contributed by atoms with E-state index in [1.807, 2.05) is 0 Å². The molecule has 1 aliphatic heterocycles. The van der Waals surface area contributed by atoms with Crippen LogP contribution in [0, 0.1) is 11.6 Å². The zero-order valence-corrected chi connectivity index (χ0v) is 9.22. The van der Waals surface area contributed by atoms with Crippen LogP contribution in [0.5, 0.6) is 5.75 Å². The third kappa shape index (κ3) is 2.02. The Balaban J connectivity index is 2.33. The van der Waals surface area contributed by atoms with Crippen molar-refractivity contribution in [1.82, 2.24) is 5.32 Å². The quantitative estimate of drug-likeness (QED) is 0.837. The van der Waals surface area contributed by atoms with Crippen LogP contribution in [-0.4, -0.2) is 20.2 Å². The van der Waals surface area contributed by atoms with Crippen molar-refractivity contribution in [3.05, 3.63) is 29.3 Å². The van der Waals surface area contributed by atoms with Crippen molar-refractivity contribution in [2.45, 2.75) is 18.8 Å². The van der Waals surface area contributed by atoms with Crippen molar-refractivity contribution >= 4 is 0 Å². The predicted molar refractivity (Wildman–Crippen MR) is 57.8 cm³/mol. The van der Waals surface area contributed by atoms with Crippen molar-refractivity contribution in [1.29, 1.82) is 0 Å². The summed E-state index contributed by atoms with van der Waals surface area (Å²) in [5.74, 6) is -1.29. The van der Waals surface area contributed by atoms with Gasteiger partial charge in [0.05, 0.1) is 7.11 Å². The Morgan fingerprint density at radius 1 is 1.25 bits per heavy atom. The van der Waals surface area contributed by atoms with Crippen molar-refractivity contribution in [3.8, 4) is 5.75 Å². The Hall–Kier alpha value is -1.16. The van der Waals surface area contributed by atoms with E-state index in [9.17, 15) is 8.78 Å². The van der Waals surface area contributed by atoms with Gasteiger partial charge in [-0.25, -0.2) is 8.78 Å². The summed E-state index contributed by atoms with van der Waals surface area (Å²) in [6, 6.07) is 2.81. The van der Waals surface area contributed by atoms with Gasteiger partial charge in [0.1, 0.15) is 0 Å². The first-order chi connectivity index (χ1) is 7.74. The molecule has 0 saturated carbocycles. The van der Waals surface area contributed by atoms with Crippen LogP contribution in [-0.2, 0) is 0 Å². The Morgan fingerprint density at radius 3 is 2.56 bits per heavy atom. The fourth-order valence-electron chi connectivity index (χ4n) is 2.18. The minimum absolute atomic E-state index is 0.163. The minimum atomic E-state index is -0.641. The monoisotopic (exact) mass is 227 g/mol. The van der Waals surface area contributed by atoms with Crippen LogP contribution in [0.25, 0.3) is 0 Å². The zero-order chi connectivity index (χ0) is 11.5. The van der Waals surface area contributed by atoms with Crippen LogP contribution in [0.3, 0.4) is 0 Å². The summed E-state index contributed by atoms with van der Waals surface area (Å²) < 4.78 is 31.9. The average molecular weight is 227 g/mol. The molecular weight excluding hydrogens is 212 g/mol. The first-order valence-corrected chi connectivity index (χ1v) is 5.46. The van der Waals surface area contributed by atoms with Gasteiger partial charge in [-0.1, -0.05) is 6.07 Å². The lowest BCUT2D eigenvalue weighted by Gasteiger charge is -2.23. The molecular formula is C12H15F2NO. The molecule has 1 fully saturated rings. The number of nitrogens with one attached hydrogen (secondary N) is 1. The molecule has 1 aliphatic rings. The summed E-state index contributed by atoms with van der Waals surface area (Å²) in [6.07, 6.45) is 1.76. The molecule has 1 saturated heterocycles. The van der Waals surface area contributed by atoms with E-state index in [2.05, 4.69) is 5.32 Å². The number of piperidine rings is 1. The maximum absolute atomic E-state index is 13.9. The number of hydrogen-bond acceptors (Lipinski definition) is 2. The van der Waals surface area contributed by atoms with Gasteiger partial charge in [0.25, 0.3) is 0 Å². The van der Waals surface area contributed by atoms with Gasteiger partial charge < -0.3 is 10.1 Å². The lowest BCUT2D eigenvalue weighted by molar-refractivity contribution is 0.352. The number of benzene rings is 1. The summed E-state index contributed by atoms with van der Waals surface area (Å²) in [5.41, 5.74) is 0.569. The number of methoxy groups -OCH3 is 1. The predicted octanol–water partition coefficient (Wildman–Crippen LogP) is 2.44. The topological polar surface area (TPSA) is 21.3 Å². The summed E-state index contributed by atoms with van der Waals surface area (Å²) in [6.45, 7) is 1.76. The van der Waals surface area contributed by atoms with Crippen LogP contribution in [0.1, 0.15) is 24.3 Å². The summed E-state index contributed by atoms with van der Waals surface area (Å²) >= 11 is 0. The van der Waals surface area contributed by atoms with E-state index in [1.54, 1.807) is 0 Å². The van der Waals surface area contributed by atoms with E-state index in [0.29, 0.717) is 5.56 Å². The van der Waals surface area contributed by atoms with Crippen molar-refractivity contribution in [2.24, 2.45) is 0 Å². The van der Waals surface area contributed by atoms with E-state index >= 15 is 0 Å². The normalized spacial score (nSPS) is 17.4. The molecule has 2 rings (SSSR count). The fourth-order valence-corrected chi connectivity index (χ4v) is 2.18. The molecule has 1 aromatic rings.